The van der Waals surface area contributed by atoms with Crippen LogP contribution in [0.1, 0.15) is 25.8 Å². The number of nitrogens with one attached hydrogen (secondary N) is 1. The van der Waals surface area contributed by atoms with Crippen molar-refractivity contribution in [1.82, 2.24) is 15.2 Å². The predicted molar refractivity (Wildman–Crippen MR) is 126 cm³/mol. The van der Waals surface area contributed by atoms with E-state index in [1.165, 1.54) is 18.2 Å². The average molecular weight is 477 g/mol. The van der Waals surface area contributed by atoms with Gasteiger partial charge in [-0.25, -0.2) is 9.37 Å². The molecule has 5 rings (SSSR count). The van der Waals surface area contributed by atoms with E-state index >= 15 is 0 Å². The van der Waals surface area contributed by atoms with Gasteiger partial charge in [0.1, 0.15) is 40.5 Å². The molecule has 3 aliphatic rings. The maximum Gasteiger partial charge on any atom is 0.148 e. The number of phenols is 1. The summed E-state index contributed by atoms with van der Waals surface area (Å²) in [7, 11) is 1.72. The first-order valence-electron chi connectivity index (χ1n) is 11.4. The lowest BCUT2D eigenvalue weighted by molar-refractivity contribution is 0.114. The zero-order chi connectivity index (χ0) is 23.3. The fraction of sp³-hybridized carbons (Fsp3) is 0.542. The van der Waals surface area contributed by atoms with Crippen molar-refractivity contribution in [2.24, 2.45) is 0 Å². The van der Waals surface area contributed by atoms with Gasteiger partial charge >= 0.3 is 0 Å². The number of halogens is 2. The number of fused-ring (bicyclic) bond motifs is 2. The average Bonchev–Trinajstić information content (AvgIpc) is 2.96. The minimum Gasteiger partial charge on any atom is -0.507 e. The first-order valence-corrected chi connectivity index (χ1v) is 11.8. The number of rotatable bonds is 3. The Morgan fingerprint density at radius 2 is 2.18 bits per heavy atom. The van der Waals surface area contributed by atoms with Crippen LogP contribution in [0.4, 0.5) is 10.2 Å². The molecule has 2 N–H and O–H groups in total. The summed E-state index contributed by atoms with van der Waals surface area (Å²) in [5.41, 5.74) is 0.836. The number of aromatic nitrogens is 1. The Balaban J connectivity index is 1.72. The van der Waals surface area contributed by atoms with Crippen LogP contribution in [0.3, 0.4) is 0 Å². The molecule has 0 spiro atoms. The van der Waals surface area contributed by atoms with E-state index in [2.05, 4.69) is 29.0 Å². The standard InChI is InChI=1S/C24H30ClFN4O3/c1-24(2)9-15(32-3)11-30(24)23-16-12-29-8-7-27-10-14(29)13-33-22(16)20(25)21(28-23)19-17(26)5-4-6-18(19)31/h4-6,14-15,27,31H,7-13H2,1-3H3. The van der Waals surface area contributed by atoms with Crippen molar-refractivity contribution in [3.05, 3.63) is 34.6 Å². The minimum absolute atomic E-state index is 0.0147. The summed E-state index contributed by atoms with van der Waals surface area (Å²) in [6.07, 6.45) is 0.886. The van der Waals surface area contributed by atoms with Crippen LogP contribution in [0.15, 0.2) is 18.2 Å². The highest BCUT2D eigenvalue weighted by Gasteiger charge is 2.42. The Hall–Kier alpha value is -2.13. The molecule has 9 heteroatoms. The number of hydrogen-bond acceptors (Lipinski definition) is 7. The Labute approximate surface area is 198 Å². The van der Waals surface area contributed by atoms with Crippen LogP contribution in [-0.2, 0) is 11.3 Å². The van der Waals surface area contributed by atoms with Crippen molar-refractivity contribution < 1.29 is 19.0 Å². The van der Waals surface area contributed by atoms with Gasteiger partial charge in [-0.15, -0.1) is 0 Å². The minimum atomic E-state index is -0.582. The number of piperazine rings is 1. The molecule has 4 heterocycles. The summed E-state index contributed by atoms with van der Waals surface area (Å²) < 4.78 is 26.9. The third-order valence-corrected chi connectivity index (χ3v) is 7.43. The van der Waals surface area contributed by atoms with E-state index in [1.807, 2.05) is 0 Å². The van der Waals surface area contributed by atoms with Gasteiger partial charge in [-0.3, -0.25) is 4.90 Å². The Morgan fingerprint density at radius 3 is 2.91 bits per heavy atom. The second-order valence-corrected chi connectivity index (χ2v) is 10.0. The van der Waals surface area contributed by atoms with Crippen LogP contribution in [0.2, 0.25) is 5.02 Å². The molecule has 1 aromatic heterocycles. The van der Waals surface area contributed by atoms with Gasteiger partial charge < -0.3 is 24.8 Å². The maximum atomic E-state index is 14.9. The number of aromatic hydroxyl groups is 1. The van der Waals surface area contributed by atoms with Gasteiger partial charge in [-0.05, 0) is 32.4 Å². The SMILES string of the molecule is COC1CN(c2nc(-c3c(O)cccc3F)c(Cl)c3c2CN2CCNCC2CO3)C(C)(C)C1. The van der Waals surface area contributed by atoms with E-state index in [-0.39, 0.29) is 39.7 Å². The van der Waals surface area contributed by atoms with Crippen molar-refractivity contribution in [1.29, 1.82) is 0 Å². The van der Waals surface area contributed by atoms with Crippen LogP contribution in [0.5, 0.6) is 11.5 Å². The normalized spacial score (nSPS) is 24.7. The zero-order valence-electron chi connectivity index (χ0n) is 19.2. The first-order chi connectivity index (χ1) is 15.8. The van der Waals surface area contributed by atoms with E-state index in [4.69, 9.17) is 26.1 Å². The van der Waals surface area contributed by atoms with Crippen molar-refractivity contribution in [3.8, 4) is 22.8 Å². The fourth-order valence-corrected chi connectivity index (χ4v) is 5.57. The lowest BCUT2D eigenvalue weighted by Gasteiger charge is -2.36. The maximum absolute atomic E-state index is 14.9. The van der Waals surface area contributed by atoms with Gasteiger partial charge in [0.25, 0.3) is 0 Å². The molecule has 33 heavy (non-hydrogen) atoms. The van der Waals surface area contributed by atoms with Crippen molar-refractivity contribution >= 4 is 17.4 Å². The number of nitrogens with zero attached hydrogens (tertiary/aromatic N) is 3. The molecule has 1 aromatic carbocycles. The second-order valence-electron chi connectivity index (χ2n) is 9.66. The number of phenolic OH excluding ortho intramolecular Hbond substituents is 1. The smallest absolute Gasteiger partial charge is 0.148 e. The third-order valence-electron chi connectivity index (χ3n) is 7.08. The van der Waals surface area contributed by atoms with Crippen molar-refractivity contribution in [2.75, 3.05) is 44.8 Å². The molecule has 2 atom stereocenters. The number of methoxy groups -OCH3 is 1. The zero-order valence-corrected chi connectivity index (χ0v) is 20.0. The van der Waals surface area contributed by atoms with Crippen LogP contribution >= 0.6 is 11.6 Å². The van der Waals surface area contributed by atoms with E-state index < -0.39 is 5.82 Å². The van der Waals surface area contributed by atoms with Gasteiger partial charge in [0.05, 0.1) is 23.3 Å². The highest BCUT2D eigenvalue weighted by molar-refractivity contribution is 6.35. The number of pyridine rings is 1. The molecule has 0 amide bonds. The highest BCUT2D eigenvalue weighted by Crippen LogP contribution is 2.48. The van der Waals surface area contributed by atoms with Crippen LogP contribution in [0, 0.1) is 5.82 Å². The van der Waals surface area contributed by atoms with Gasteiger partial charge in [0.2, 0.25) is 0 Å². The Morgan fingerprint density at radius 1 is 1.36 bits per heavy atom. The molecular weight excluding hydrogens is 447 g/mol. The topological polar surface area (TPSA) is 70.1 Å². The molecule has 178 valence electrons. The first kappa shape index (κ1) is 22.7. The molecule has 0 saturated carbocycles. The lowest BCUT2D eigenvalue weighted by Crippen LogP contribution is -2.52. The summed E-state index contributed by atoms with van der Waals surface area (Å²) in [5.74, 6) is 0.433. The van der Waals surface area contributed by atoms with Crippen LogP contribution < -0.4 is 15.0 Å². The molecule has 0 bridgehead atoms. The monoisotopic (exact) mass is 476 g/mol. The van der Waals surface area contributed by atoms with E-state index in [1.54, 1.807) is 7.11 Å². The molecule has 3 aliphatic heterocycles. The van der Waals surface area contributed by atoms with Crippen LogP contribution in [-0.4, -0.2) is 72.6 Å². The Bertz CT molecular complexity index is 1050. The Kier molecular flexibility index (Phi) is 5.89. The molecular formula is C24H30ClFN4O3. The van der Waals surface area contributed by atoms with E-state index in [0.717, 1.165) is 31.6 Å². The summed E-state index contributed by atoms with van der Waals surface area (Å²) in [5, 5.41) is 14.2. The van der Waals surface area contributed by atoms with Gasteiger partial charge in [0, 0.05) is 45.4 Å². The number of anilines is 1. The van der Waals surface area contributed by atoms with Crippen molar-refractivity contribution in [2.45, 2.75) is 44.5 Å². The fourth-order valence-electron chi connectivity index (χ4n) is 5.26. The van der Waals surface area contributed by atoms with E-state index in [0.29, 0.717) is 31.3 Å². The van der Waals surface area contributed by atoms with Crippen molar-refractivity contribution in [3.63, 3.8) is 0 Å². The summed E-state index contributed by atoms with van der Waals surface area (Å²) in [4.78, 5) is 9.52. The van der Waals surface area contributed by atoms with Gasteiger partial charge in [-0.2, -0.15) is 0 Å². The number of benzene rings is 1. The van der Waals surface area contributed by atoms with Gasteiger partial charge in [0.15, 0.2) is 0 Å². The molecule has 2 fully saturated rings. The molecule has 2 unspecified atom stereocenters. The van der Waals surface area contributed by atoms with Gasteiger partial charge in [-0.1, -0.05) is 17.7 Å². The highest BCUT2D eigenvalue weighted by atomic mass is 35.5. The number of hydrogen-bond donors (Lipinski definition) is 2. The second kappa shape index (κ2) is 8.58. The largest absolute Gasteiger partial charge is 0.507 e. The lowest BCUT2D eigenvalue weighted by atomic mass is 10.00. The summed E-state index contributed by atoms with van der Waals surface area (Å²) >= 11 is 6.84. The van der Waals surface area contributed by atoms with Crippen LogP contribution in [0.25, 0.3) is 11.3 Å². The third kappa shape index (κ3) is 3.93. The number of ether oxygens (including phenoxy) is 2. The molecule has 2 aromatic rings. The predicted octanol–water partition coefficient (Wildman–Crippen LogP) is 3.42. The van der Waals surface area contributed by atoms with E-state index in [9.17, 15) is 9.50 Å². The molecule has 7 nitrogen and oxygen atoms in total. The summed E-state index contributed by atoms with van der Waals surface area (Å²) in [6, 6.07) is 4.40. The molecule has 0 radical (unpaired) electrons. The molecule has 2 saturated heterocycles. The quantitative estimate of drug-likeness (QED) is 0.703. The summed E-state index contributed by atoms with van der Waals surface area (Å²) in [6.45, 7) is 8.69. The molecule has 0 aliphatic carbocycles.